The third-order valence-corrected chi connectivity index (χ3v) is 2.53. The molecule has 0 aliphatic rings. The van der Waals surface area contributed by atoms with Crippen LogP contribution in [0.25, 0.3) is 0 Å². The zero-order valence-electron chi connectivity index (χ0n) is 10.8. The molecule has 0 aliphatic heterocycles. The summed E-state index contributed by atoms with van der Waals surface area (Å²) in [7, 11) is 0. The number of carbonyl (C=O) groups excluding carboxylic acids is 1. The monoisotopic (exact) mass is 285 g/mol. The van der Waals surface area contributed by atoms with Crippen molar-refractivity contribution in [2.75, 3.05) is 13.2 Å². The SMILES string of the molecule is CCC(C)(NC(=O)CCOCC(F)(F)F)C(N)=NO. The first-order valence-corrected chi connectivity index (χ1v) is 5.58. The Kier molecular flexibility index (Phi) is 6.60. The summed E-state index contributed by atoms with van der Waals surface area (Å²) in [5.74, 6) is -0.724. The molecule has 0 spiro atoms. The van der Waals surface area contributed by atoms with Crippen molar-refractivity contribution < 1.29 is 27.9 Å². The number of alkyl halides is 3. The maximum Gasteiger partial charge on any atom is 0.411 e. The first-order chi connectivity index (χ1) is 8.64. The van der Waals surface area contributed by atoms with Crippen molar-refractivity contribution in [2.24, 2.45) is 10.9 Å². The third-order valence-electron chi connectivity index (χ3n) is 2.53. The summed E-state index contributed by atoms with van der Waals surface area (Å²) in [5.41, 5.74) is 4.38. The van der Waals surface area contributed by atoms with E-state index >= 15 is 0 Å². The molecule has 0 fully saturated rings. The summed E-state index contributed by atoms with van der Waals surface area (Å²) in [6.45, 7) is 1.49. The van der Waals surface area contributed by atoms with Crippen molar-refractivity contribution in [3.63, 3.8) is 0 Å². The molecule has 0 radical (unpaired) electrons. The topological polar surface area (TPSA) is 96.9 Å². The van der Waals surface area contributed by atoms with E-state index in [9.17, 15) is 18.0 Å². The number of rotatable bonds is 7. The highest BCUT2D eigenvalue weighted by atomic mass is 19.4. The molecule has 0 heterocycles. The predicted octanol–water partition coefficient (Wildman–Crippen LogP) is 0.987. The van der Waals surface area contributed by atoms with Gasteiger partial charge in [0.15, 0.2) is 5.84 Å². The molecular formula is C10H18F3N3O3. The molecule has 6 nitrogen and oxygen atoms in total. The zero-order chi connectivity index (χ0) is 15.1. The number of nitrogens with one attached hydrogen (secondary N) is 1. The van der Waals surface area contributed by atoms with E-state index in [-0.39, 0.29) is 18.9 Å². The highest BCUT2D eigenvalue weighted by molar-refractivity contribution is 5.93. The van der Waals surface area contributed by atoms with E-state index in [2.05, 4.69) is 15.2 Å². The first-order valence-electron chi connectivity index (χ1n) is 5.58. The molecule has 9 heteroatoms. The average molecular weight is 285 g/mol. The molecule has 4 N–H and O–H groups in total. The van der Waals surface area contributed by atoms with E-state index in [1.807, 2.05) is 0 Å². The van der Waals surface area contributed by atoms with Crippen molar-refractivity contribution in [2.45, 2.75) is 38.4 Å². The molecular weight excluding hydrogens is 267 g/mol. The van der Waals surface area contributed by atoms with Gasteiger partial charge in [-0.15, -0.1) is 0 Å². The Morgan fingerprint density at radius 2 is 2.05 bits per heavy atom. The first kappa shape index (κ1) is 17.5. The minimum Gasteiger partial charge on any atom is -0.409 e. The lowest BCUT2D eigenvalue weighted by Gasteiger charge is -2.28. The van der Waals surface area contributed by atoms with Crippen LogP contribution in [0.15, 0.2) is 5.16 Å². The van der Waals surface area contributed by atoms with Gasteiger partial charge in [-0.1, -0.05) is 12.1 Å². The largest absolute Gasteiger partial charge is 0.411 e. The number of amidine groups is 1. The van der Waals surface area contributed by atoms with Gasteiger partial charge in [-0.05, 0) is 13.3 Å². The van der Waals surface area contributed by atoms with Gasteiger partial charge in [0.25, 0.3) is 0 Å². The van der Waals surface area contributed by atoms with E-state index in [4.69, 9.17) is 10.9 Å². The van der Waals surface area contributed by atoms with Crippen molar-refractivity contribution in [1.29, 1.82) is 0 Å². The summed E-state index contributed by atoms with van der Waals surface area (Å²) in [6.07, 6.45) is -4.30. The molecule has 19 heavy (non-hydrogen) atoms. The molecule has 0 aromatic carbocycles. The molecule has 112 valence electrons. The Morgan fingerprint density at radius 3 is 2.47 bits per heavy atom. The maximum atomic E-state index is 11.8. The van der Waals surface area contributed by atoms with Crippen LogP contribution in [-0.2, 0) is 9.53 Å². The second-order valence-corrected chi connectivity index (χ2v) is 4.14. The predicted molar refractivity (Wildman–Crippen MR) is 61.7 cm³/mol. The van der Waals surface area contributed by atoms with Crippen LogP contribution in [-0.4, -0.2) is 41.9 Å². The molecule has 0 saturated heterocycles. The number of nitrogens with zero attached hydrogens (tertiary/aromatic N) is 1. The quantitative estimate of drug-likeness (QED) is 0.214. The van der Waals surface area contributed by atoms with Crippen LogP contribution in [0.4, 0.5) is 13.2 Å². The second-order valence-electron chi connectivity index (χ2n) is 4.14. The number of amides is 1. The molecule has 0 saturated carbocycles. The molecule has 1 unspecified atom stereocenters. The van der Waals surface area contributed by atoms with Crippen molar-refractivity contribution in [1.82, 2.24) is 5.32 Å². The fourth-order valence-corrected chi connectivity index (χ4v) is 1.17. The second kappa shape index (κ2) is 7.17. The molecule has 0 aromatic heterocycles. The number of nitrogens with two attached hydrogens (primary N) is 1. The lowest BCUT2D eigenvalue weighted by Crippen LogP contribution is -2.55. The molecule has 0 aromatic rings. The van der Waals surface area contributed by atoms with Crippen LogP contribution >= 0.6 is 0 Å². The lowest BCUT2D eigenvalue weighted by atomic mass is 9.97. The van der Waals surface area contributed by atoms with Gasteiger partial charge < -0.3 is 21.0 Å². The minimum absolute atomic E-state index is 0.181. The molecule has 0 aliphatic carbocycles. The fourth-order valence-electron chi connectivity index (χ4n) is 1.17. The summed E-state index contributed by atoms with van der Waals surface area (Å²) >= 11 is 0. The van der Waals surface area contributed by atoms with Gasteiger partial charge in [0.1, 0.15) is 6.61 Å². The summed E-state index contributed by atoms with van der Waals surface area (Å²) < 4.78 is 39.6. The zero-order valence-corrected chi connectivity index (χ0v) is 10.8. The van der Waals surface area contributed by atoms with Crippen LogP contribution in [0, 0.1) is 0 Å². The lowest BCUT2D eigenvalue weighted by molar-refractivity contribution is -0.174. The van der Waals surface area contributed by atoms with Crippen molar-refractivity contribution >= 4 is 11.7 Å². The molecule has 1 atom stereocenters. The van der Waals surface area contributed by atoms with E-state index < -0.39 is 24.2 Å². The van der Waals surface area contributed by atoms with Gasteiger partial charge in [-0.2, -0.15) is 13.2 Å². The Morgan fingerprint density at radius 1 is 1.47 bits per heavy atom. The van der Waals surface area contributed by atoms with Crippen LogP contribution in [0.1, 0.15) is 26.7 Å². The Balaban J connectivity index is 4.17. The highest BCUT2D eigenvalue weighted by Crippen LogP contribution is 2.14. The fraction of sp³-hybridized carbons (Fsp3) is 0.800. The van der Waals surface area contributed by atoms with Gasteiger partial charge >= 0.3 is 6.18 Å². The van der Waals surface area contributed by atoms with Gasteiger partial charge in [0, 0.05) is 6.42 Å². The number of oxime groups is 1. The van der Waals surface area contributed by atoms with Crippen LogP contribution in [0.2, 0.25) is 0 Å². The van der Waals surface area contributed by atoms with Gasteiger partial charge in [0.2, 0.25) is 5.91 Å². The van der Waals surface area contributed by atoms with Gasteiger partial charge in [0.05, 0.1) is 12.1 Å². The Bertz CT molecular complexity index is 334. The minimum atomic E-state index is -4.41. The summed E-state index contributed by atoms with van der Waals surface area (Å²) in [6, 6.07) is 0. The average Bonchev–Trinajstić information content (AvgIpc) is 2.32. The van der Waals surface area contributed by atoms with E-state index in [0.717, 1.165) is 0 Å². The smallest absolute Gasteiger partial charge is 0.409 e. The summed E-state index contributed by atoms with van der Waals surface area (Å²) in [5, 5.41) is 13.9. The summed E-state index contributed by atoms with van der Waals surface area (Å²) in [4.78, 5) is 11.5. The third kappa shape index (κ3) is 6.85. The Labute approximate surface area is 108 Å². The maximum absolute atomic E-state index is 11.8. The number of ether oxygens (including phenoxy) is 1. The highest BCUT2D eigenvalue weighted by Gasteiger charge is 2.30. The number of halogens is 3. The van der Waals surface area contributed by atoms with Crippen molar-refractivity contribution in [3.05, 3.63) is 0 Å². The van der Waals surface area contributed by atoms with Crippen LogP contribution < -0.4 is 11.1 Å². The van der Waals surface area contributed by atoms with E-state index in [0.29, 0.717) is 6.42 Å². The number of hydrogen-bond donors (Lipinski definition) is 3. The molecule has 1 amide bonds. The molecule has 0 rings (SSSR count). The number of carbonyl (C=O) groups is 1. The van der Waals surface area contributed by atoms with E-state index in [1.54, 1.807) is 6.92 Å². The van der Waals surface area contributed by atoms with Crippen LogP contribution in [0.5, 0.6) is 0 Å². The van der Waals surface area contributed by atoms with Crippen molar-refractivity contribution in [3.8, 4) is 0 Å². The standard InChI is InChI=1S/C10H18F3N3O3/c1-3-9(2,8(14)16-18)15-7(17)4-5-19-6-10(11,12)13/h18H,3-6H2,1-2H3,(H2,14,16)(H,15,17). The van der Waals surface area contributed by atoms with Gasteiger partial charge in [-0.3, -0.25) is 4.79 Å². The normalized spacial score (nSPS) is 15.9. The van der Waals surface area contributed by atoms with E-state index in [1.165, 1.54) is 6.92 Å². The van der Waals surface area contributed by atoms with Gasteiger partial charge in [-0.25, -0.2) is 0 Å². The van der Waals surface area contributed by atoms with Crippen LogP contribution in [0.3, 0.4) is 0 Å². The Hall–Kier alpha value is -1.51. The number of hydrogen-bond acceptors (Lipinski definition) is 4. The molecule has 0 bridgehead atoms.